The molecule has 142 valence electrons. The van der Waals surface area contributed by atoms with E-state index >= 15 is 0 Å². The van der Waals surface area contributed by atoms with Crippen LogP contribution in [-0.2, 0) is 9.53 Å². The fourth-order valence-corrected chi connectivity index (χ4v) is 3.67. The van der Waals surface area contributed by atoms with Crippen molar-refractivity contribution in [2.45, 2.75) is 44.7 Å². The number of carbonyl (C=O) groups excluding carboxylic acids is 2. The van der Waals surface area contributed by atoms with Gasteiger partial charge >= 0.3 is 0 Å². The number of likely N-dealkylation sites (tertiary alicyclic amines) is 1. The number of hydrogen-bond acceptors (Lipinski definition) is 5. The summed E-state index contributed by atoms with van der Waals surface area (Å²) in [5, 5.41) is 0. The minimum atomic E-state index is -0.336. The van der Waals surface area contributed by atoms with Crippen molar-refractivity contribution in [1.82, 2.24) is 15.8 Å². The van der Waals surface area contributed by atoms with Crippen molar-refractivity contribution in [2.75, 3.05) is 26.4 Å². The van der Waals surface area contributed by atoms with Gasteiger partial charge in [-0.1, -0.05) is 0 Å². The van der Waals surface area contributed by atoms with Crippen LogP contribution in [-0.4, -0.2) is 55.2 Å². The third-order valence-corrected chi connectivity index (χ3v) is 4.98. The summed E-state index contributed by atoms with van der Waals surface area (Å²) in [4.78, 5) is 27.0. The van der Waals surface area contributed by atoms with Gasteiger partial charge < -0.3 is 9.47 Å². The third-order valence-electron chi connectivity index (χ3n) is 4.98. The van der Waals surface area contributed by atoms with Crippen LogP contribution in [0.3, 0.4) is 0 Å². The van der Waals surface area contributed by atoms with Gasteiger partial charge in [-0.3, -0.25) is 25.3 Å². The van der Waals surface area contributed by atoms with E-state index < -0.39 is 0 Å². The zero-order valence-electron chi connectivity index (χ0n) is 15.2. The first-order chi connectivity index (χ1) is 12.7. The van der Waals surface area contributed by atoms with Crippen molar-refractivity contribution < 1.29 is 19.1 Å². The normalized spacial score (nSPS) is 21.3. The van der Waals surface area contributed by atoms with E-state index in [2.05, 4.69) is 15.8 Å². The van der Waals surface area contributed by atoms with E-state index in [1.54, 1.807) is 24.3 Å². The lowest BCUT2D eigenvalue weighted by Crippen LogP contribution is -2.53. The minimum Gasteiger partial charge on any atom is -0.494 e. The van der Waals surface area contributed by atoms with Gasteiger partial charge in [0.15, 0.2) is 0 Å². The van der Waals surface area contributed by atoms with Crippen LogP contribution in [0.5, 0.6) is 5.75 Å². The van der Waals surface area contributed by atoms with Crippen LogP contribution in [0.4, 0.5) is 0 Å². The van der Waals surface area contributed by atoms with Gasteiger partial charge in [0.2, 0.25) is 0 Å². The Hall–Kier alpha value is -2.12. The first kappa shape index (κ1) is 18.7. The Morgan fingerprint density at radius 2 is 1.88 bits per heavy atom. The molecule has 1 aromatic rings. The summed E-state index contributed by atoms with van der Waals surface area (Å²) < 4.78 is 10.8. The summed E-state index contributed by atoms with van der Waals surface area (Å²) in [6, 6.07) is 7.04. The highest BCUT2D eigenvalue weighted by Gasteiger charge is 2.36. The number of rotatable bonds is 5. The zero-order chi connectivity index (χ0) is 18.4. The summed E-state index contributed by atoms with van der Waals surface area (Å²) in [5.41, 5.74) is 5.58. The maximum Gasteiger partial charge on any atom is 0.269 e. The lowest BCUT2D eigenvalue weighted by atomic mass is 10.1. The van der Waals surface area contributed by atoms with E-state index in [1.165, 1.54) is 0 Å². The number of ether oxygens (including phenoxy) is 2. The topological polar surface area (TPSA) is 79.9 Å². The molecule has 0 spiro atoms. The molecule has 0 bridgehead atoms. The van der Waals surface area contributed by atoms with Gasteiger partial charge in [-0.05, 0) is 63.4 Å². The molecule has 1 unspecified atom stereocenters. The van der Waals surface area contributed by atoms with Gasteiger partial charge in [0, 0.05) is 24.8 Å². The molecule has 0 aliphatic carbocycles. The van der Waals surface area contributed by atoms with E-state index in [0.29, 0.717) is 24.0 Å². The molecule has 7 nitrogen and oxygen atoms in total. The van der Waals surface area contributed by atoms with Gasteiger partial charge in [-0.25, -0.2) is 0 Å². The van der Waals surface area contributed by atoms with Gasteiger partial charge in [0.05, 0.1) is 12.6 Å². The maximum absolute atomic E-state index is 12.6. The fraction of sp³-hybridized carbons (Fsp3) is 0.579. The van der Waals surface area contributed by atoms with Crippen molar-refractivity contribution in [2.24, 2.45) is 0 Å². The van der Waals surface area contributed by atoms with Crippen LogP contribution in [0.15, 0.2) is 24.3 Å². The number of amides is 2. The Morgan fingerprint density at radius 1 is 1.15 bits per heavy atom. The quantitative estimate of drug-likeness (QED) is 0.777. The third kappa shape index (κ3) is 4.53. The predicted octanol–water partition coefficient (Wildman–Crippen LogP) is 1.49. The summed E-state index contributed by atoms with van der Waals surface area (Å²) in [7, 11) is 0. The molecular weight excluding hydrogens is 334 g/mol. The molecule has 2 N–H and O–H groups in total. The van der Waals surface area contributed by atoms with Crippen molar-refractivity contribution in [3.8, 4) is 5.75 Å². The van der Waals surface area contributed by atoms with E-state index in [1.807, 2.05) is 6.92 Å². The Morgan fingerprint density at radius 3 is 2.58 bits per heavy atom. The highest BCUT2D eigenvalue weighted by molar-refractivity contribution is 5.96. The fourth-order valence-electron chi connectivity index (χ4n) is 3.67. The number of nitrogens with one attached hydrogen (secondary N) is 2. The summed E-state index contributed by atoms with van der Waals surface area (Å²) in [5.74, 6) is 0.233. The molecule has 2 aliphatic heterocycles. The molecule has 0 aromatic heterocycles. The van der Waals surface area contributed by atoms with E-state index in [9.17, 15) is 9.59 Å². The van der Waals surface area contributed by atoms with Crippen molar-refractivity contribution in [3.63, 3.8) is 0 Å². The average Bonchev–Trinajstić information content (AvgIpc) is 3.17. The first-order valence-corrected chi connectivity index (χ1v) is 9.35. The molecule has 2 aliphatic rings. The Balaban J connectivity index is 1.51. The second-order valence-electron chi connectivity index (χ2n) is 6.64. The van der Waals surface area contributed by atoms with Crippen LogP contribution < -0.4 is 15.6 Å². The molecular formula is C19H27N3O4. The molecule has 2 fully saturated rings. The second kappa shape index (κ2) is 9.00. The number of benzene rings is 1. The number of carbonyl (C=O) groups is 2. The lowest BCUT2D eigenvalue weighted by Gasteiger charge is -2.34. The first-order valence-electron chi connectivity index (χ1n) is 9.35. The molecule has 0 saturated carbocycles. The predicted molar refractivity (Wildman–Crippen MR) is 96.8 cm³/mol. The smallest absolute Gasteiger partial charge is 0.269 e. The Bertz CT molecular complexity index is 614. The SMILES string of the molecule is CCOc1ccc(C(=O)NNC(=O)C2CCCN2C2CCOCC2)cc1. The monoisotopic (exact) mass is 361 g/mol. The second-order valence-corrected chi connectivity index (χ2v) is 6.64. The van der Waals surface area contributed by atoms with Crippen molar-refractivity contribution in [3.05, 3.63) is 29.8 Å². The standard InChI is InChI=1S/C19H27N3O4/c1-2-26-16-7-5-14(6-8-16)18(23)20-21-19(24)17-4-3-11-22(17)15-9-12-25-13-10-15/h5-8,15,17H,2-4,9-13H2,1H3,(H,20,23)(H,21,24). The number of hydrogen-bond donors (Lipinski definition) is 2. The molecule has 2 heterocycles. The van der Waals surface area contributed by atoms with E-state index in [0.717, 1.165) is 45.4 Å². The van der Waals surface area contributed by atoms with Gasteiger partial charge in [0.25, 0.3) is 11.8 Å². The lowest BCUT2D eigenvalue weighted by molar-refractivity contribution is -0.127. The van der Waals surface area contributed by atoms with Crippen LogP contribution in [0.25, 0.3) is 0 Å². The van der Waals surface area contributed by atoms with Crippen LogP contribution in [0.1, 0.15) is 43.0 Å². The van der Waals surface area contributed by atoms with Crippen LogP contribution in [0.2, 0.25) is 0 Å². The summed E-state index contributed by atoms with van der Waals surface area (Å²) in [6.07, 6.45) is 3.75. The van der Waals surface area contributed by atoms with Gasteiger partial charge in [0.1, 0.15) is 5.75 Å². The number of hydrazine groups is 1. The molecule has 3 rings (SSSR count). The van der Waals surface area contributed by atoms with E-state index in [4.69, 9.17) is 9.47 Å². The molecule has 1 atom stereocenters. The summed E-state index contributed by atoms with van der Waals surface area (Å²) >= 11 is 0. The Kier molecular flexibility index (Phi) is 6.46. The molecule has 2 saturated heterocycles. The maximum atomic E-state index is 12.6. The van der Waals surface area contributed by atoms with Gasteiger partial charge in [-0.15, -0.1) is 0 Å². The molecule has 2 amide bonds. The minimum absolute atomic E-state index is 0.145. The van der Waals surface area contributed by atoms with E-state index in [-0.39, 0.29) is 17.9 Å². The van der Waals surface area contributed by atoms with Crippen LogP contribution >= 0.6 is 0 Å². The van der Waals surface area contributed by atoms with Gasteiger partial charge in [-0.2, -0.15) is 0 Å². The Labute approximate surface area is 154 Å². The molecule has 7 heteroatoms. The highest BCUT2D eigenvalue weighted by Crippen LogP contribution is 2.25. The largest absolute Gasteiger partial charge is 0.494 e. The molecule has 26 heavy (non-hydrogen) atoms. The number of nitrogens with zero attached hydrogens (tertiary/aromatic N) is 1. The molecule has 1 aromatic carbocycles. The highest BCUT2D eigenvalue weighted by atomic mass is 16.5. The zero-order valence-corrected chi connectivity index (χ0v) is 15.2. The van der Waals surface area contributed by atoms with Crippen molar-refractivity contribution >= 4 is 11.8 Å². The summed E-state index contributed by atoms with van der Waals surface area (Å²) in [6.45, 7) is 4.92. The molecule has 0 radical (unpaired) electrons. The van der Waals surface area contributed by atoms with Crippen LogP contribution in [0, 0.1) is 0 Å². The average molecular weight is 361 g/mol. The van der Waals surface area contributed by atoms with Crippen molar-refractivity contribution in [1.29, 1.82) is 0 Å².